The Morgan fingerprint density at radius 1 is 1.21 bits per heavy atom. The Morgan fingerprint density at radius 3 is 2.68 bits per heavy atom. The first-order valence-corrected chi connectivity index (χ1v) is 10.6. The number of fused-ring (bicyclic) bond motifs is 1. The van der Waals surface area contributed by atoms with Gasteiger partial charge in [-0.05, 0) is 68.6 Å². The van der Waals surface area contributed by atoms with E-state index in [9.17, 15) is 14.4 Å². The minimum atomic E-state index is -0.439. The standard InChI is InChI=1S/C21H22BrNO5/c22-21-7-12-3-13(8-21)6-20(5-12,11-21)19(26)28-9-16(24)14-1-2-17-15(4-14)23-18(25)10-27-17/h1-2,4,12-13H,3,5-11H2,(H,23,25). The number of hydrogen-bond acceptors (Lipinski definition) is 5. The molecule has 1 aliphatic heterocycles. The molecular weight excluding hydrogens is 426 g/mol. The Balaban J connectivity index is 1.27. The highest BCUT2D eigenvalue weighted by molar-refractivity contribution is 9.10. The van der Waals surface area contributed by atoms with Crippen molar-refractivity contribution in [3.63, 3.8) is 0 Å². The van der Waals surface area contributed by atoms with Crippen LogP contribution < -0.4 is 10.1 Å². The van der Waals surface area contributed by atoms with Crippen LogP contribution in [0.1, 0.15) is 48.9 Å². The zero-order chi connectivity index (χ0) is 19.5. The van der Waals surface area contributed by atoms with Crippen molar-refractivity contribution in [2.75, 3.05) is 18.5 Å². The fourth-order valence-corrected chi connectivity index (χ4v) is 7.47. The molecule has 6 nitrogen and oxygen atoms in total. The lowest BCUT2D eigenvalue weighted by Gasteiger charge is -2.58. The van der Waals surface area contributed by atoms with Crippen LogP contribution in [0.15, 0.2) is 18.2 Å². The summed E-state index contributed by atoms with van der Waals surface area (Å²) in [6.07, 6.45) is 6.06. The molecule has 2 atom stereocenters. The second kappa shape index (κ2) is 6.31. The van der Waals surface area contributed by atoms with Crippen molar-refractivity contribution in [3.05, 3.63) is 23.8 Å². The van der Waals surface area contributed by atoms with E-state index in [1.165, 1.54) is 6.42 Å². The van der Waals surface area contributed by atoms with E-state index in [1.807, 2.05) is 0 Å². The quantitative estimate of drug-likeness (QED) is 0.434. The van der Waals surface area contributed by atoms with Gasteiger partial charge in [-0.2, -0.15) is 0 Å². The van der Waals surface area contributed by atoms with Crippen molar-refractivity contribution in [2.45, 2.75) is 42.8 Å². The number of anilines is 1. The molecule has 7 heteroatoms. The van der Waals surface area contributed by atoms with Crippen molar-refractivity contribution in [1.29, 1.82) is 0 Å². The molecule has 1 amide bonds. The van der Waals surface area contributed by atoms with Gasteiger partial charge >= 0.3 is 5.97 Å². The first kappa shape index (κ1) is 18.2. The number of carbonyl (C=O) groups is 3. The summed E-state index contributed by atoms with van der Waals surface area (Å²) >= 11 is 3.90. The number of ether oxygens (including phenoxy) is 2. The zero-order valence-corrected chi connectivity index (χ0v) is 17.0. The molecule has 2 unspecified atom stereocenters. The van der Waals surface area contributed by atoms with Crippen LogP contribution in [0.2, 0.25) is 0 Å². The average Bonchev–Trinajstić information content (AvgIpc) is 2.63. The average molecular weight is 448 g/mol. The van der Waals surface area contributed by atoms with Gasteiger partial charge in [0.1, 0.15) is 5.75 Å². The van der Waals surface area contributed by atoms with E-state index in [-0.39, 0.29) is 35.2 Å². The highest BCUT2D eigenvalue weighted by Crippen LogP contribution is 2.64. The lowest BCUT2D eigenvalue weighted by Crippen LogP contribution is -2.56. The van der Waals surface area contributed by atoms with Gasteiger partial charge in [0, 0.05) is 9.89 Å². The molecule has 0 spiro atoms. The SMILES string of the molecule is O=C1COc2ccc(C(=O)COC(=O)C34CC5CC(CC(Br)(C5)C3)C4)cc2N1. The van der Waals surface area contributed by atoms with Crippen LogP contribution in [-0.4, -0.2) is 35.2 Å². The highest BCUT2D eigenvalue weighted by Gasteiger charge is 2.60. The monoisotopic (exact) mass is 447 g/mol. The summed E-state index contributed by atoms with van der Waals surface area (Å²) in [5.41, 5.74) is 0.418. The van der Waals surface area contributed by atoms with Gasteiger partial charge in [0.05, 0.1) is 11.1 Å². The predicted molar refractivity (Wildman–Crippen MR) is 105 cm³/mol. The molecule has 1 heterocycles. The molecule has 0 saturated heterocycles. The molecule has 4 fully saturated rings. The van der Waals surface area contributed by atoms with E-state index in [2.05, 4.69) is 21.2 Å². The minimum Gasteiger partial charge on any atom is -0.482 e. The van der Waals surface area contributed by atoms with Crippen LogP contribution in [0.3, 0.4) is 0 Å². The molecule has 1 aromatic carbocycles. The molecule has 1 aromatic rings. The molecule has 4 bridgehead atoms. The van der Waals surface area contributed by atoms with Gasteiger partial charge in [-0.15, -0.1) is 0 Å². The third kappa shape index (κ3) is 3.04. The number of Topliss-reactive ketones (excluding diaryl/α,β-unsaturated/α-hetero) is 1. The molecule has 1 N–H and O–H groups in total. The minimum absolute atomic E-state index is 0.0307. The number of esters is 1. The lowest BCUT2D eigenvalue weighted by atomic mass is 9.49. The number of carbonyl (C=O) groups excluding carboxylic acids is 3. The van der Waals surface area contributed by atoms with Crippen LogP contribution in [0.4, 0.5) is 5.69 Å². The van der Waals surface area contributed by atoms with Gasteiger partial charge in [0.2, 0.25) is 0 Å². The van der Waals surface area contributed by atoms with E-state index in [1.54, 1.807) is 18.2 Å². The van der Waals surface area contributed by atoms with E-state index in [0.29, 0.717) is 28.8 Å². The largest absolute Gasteiger partial charge is 0.482 e. The van der Waals surface area contributed by atoms with E-state index < -0.39 is 5.41 Å². The molecule has 0 radical (unpaired) electrons. The van der Waals surface area contributed by atoms with Gasteiger partial charge in [-0.3, -0.25) is 14.4 Å². The normalized spacial score (nSPS) is 35.0. The molecule has 6 rings (SSSR count). The summed E-state index contributed by atoms with van der Waals surface area (Å²) in [6.45, 7) is -0.310. The highest BCUT2D eigenvalue weighted by atomic mass is 79.9. The second-order valence-corrected chi connectivity index (χ2v) is 10.6. The van der Waals surface area contributed by atoms with Gasteiger partial charge < -0.3 is 14.8 Å². The number of hydrogen-bond donors (Lipinski definition) is 1. The second-order valence-electron chi connectivity index (χ2n) is 8.94. The van der Waals surface area contributed by atoms with E-state index in [4.69, 9.17) is 9.47 Å². The molecule has 148 valence electrons. The fraction of sp³-hybridized carbons (Fsp3) is 0.571. The third-order valence-electron chi connectivity index (χ3n) is 6.69. The van der Waals surface area contributed by atoms with Gasteiger partial charge in [-0.1, -0.05) is 15.9 Å². The van der Waals surface area contributed by atoms with Gasteiger partial charge in [-0.25, -0.2) is 0 Å². The first-order valence-electron chi connectivity index (χ1n) is 9.80. The Labute approximate surface area is 171 Å². The Bertz CT molecular complexity index is 868. The number of benzene rings is 1. The van der Waals surface area contributed by atoms with Gasteiger partial charge in [0.25, 0.3) is 5.91 Å². The molecule has 0 aromatic heterocycles. The molecule has 4 aliphatic carbocycles. The van der Waals surface area contributed by atoms with E-state index in [0.717, 1.165) is 32.1 Å². The van der Waals surface area contributed by atoms with Crippen LogP contribution >= 0.6 is 15.9 Å². The summed E-state index contributed by atoms with van der Waals surface area (Å²) in [6, 6.07) is 4.85. The number of ketones is 1. The first-order chi connectivity index (χ1) is 13.3. The van der Waals surface area contributed by atoms with Crippen molar-refractivity contribution in [3.8, 4) is 5.75 Å². The summed E-state index contributed by atoms with van der Waals surface area (Å²) < 4.78 is 10.9. The van der Waals surface area contributed by atoms with Crippen molar-refractivity contribution < 1.29 is 23.9 Å². The summed E-state index contributed by atoms with van der Waals surface area (Å²) in [7, 11) is 0. The number of alkyl halides is 1. The molecule has 5 aliphatic rings. The van der Waals surface area contributed by atoms with Crippen LogP contribution in [0, 0.1) is 17.3 Å². The van der Waals surface area contributed by atoms with E-state index >= 15 is 0 Å². The smallest absolute Gasteiger partial charge is 0.312 e. The number of amides is 1. The fourth-order valence-electron chi connectivity index (χ4n) is 6.01. The Hall–Kier alpha value is -1.89. The Kier molecular flexibility index (Phi) is 4.09. The van der Waals surface area contributed by atoms with Crippen molar-refractivity contribution in [2.24, 2.45) is 17.3 Å². The summed E-state index contributed by atoms with van der Waals surface area (Å²) in [5, 5.41) is 2.68. The Morgan fingerprint density at radius 2 is 1.96 bits per heavy atom. The van der Waals surface area contributed by atoms with Crippen LogP contribution in [-0.2, 0) is 14.3 Å². The summed E-state index contributed by atoms with van der Waals surface area (Å²) in [5.74, 6) is 0.919. The maximum atomic E-state index is 13.0. The van der Waals surface area contributed by atoms with Crippen LogP contribution in [0.25, 0.3) is 0 Å². The lowest BCUT2D eigenvalue weighted by molar-refractivity contribution is -0.168. The number of halogens is 1. The topological polar surface area (TPSA) is 81.7 Å². The van der Waals surface area contributed by atoms with Crippen LogP contribution in [0.5, 0.6) is 5.75 Å². The molecular formula is C21H22BrNO5. The van der Waals surface area contributed by atoms with Crippen molar-refractivity contribution >= 4 is 39.3 Å². The number of nitrogens with one attached hydrogen (secondary N) is 1. The van der Waals surface area contributed by atoms with Crippen molar-refractivity contribution in [1.82, 2.24) is 0 Å². The molecule has 4 saturated carbocycles. The molecule has 28 heavy (non-hydrogen) atoms. The predicted octanol–water partition coefficient (Wildman–Crippen LogP) is 3.48. The third-order valence-corrected chi connectivity index (χ3v) is 7.62. The maximum absolute atomic E-state index is 13.0. The summed E-state index contributed by atoms with van der Waals surface area (Å²) in [4.78, 5) is 37.0. The maximum Gasteiger partial charge on any atom is 0.312 e. The van der Waals surface area contributed by atoms with Gasteiger partial charge in [0.15, 0.2) is 19.0 Å². The zero-order valence-electron chi connectivity index (χ0n) is 15.5. The number of rotatable bonds is 4.